The lowest BCUT2D eigenvalue weighted by Gasteiger charge is -2.07. The van der Waals surface area contributed by atoms with Crippen molar-refractivity contribution in [2.75, 3.05) is 5.32 Å². The van der Waals surface area contributed by atoms with Crippen molar-refractivity contribution in [3.63, 3.8) is 0 Å². The summed E-state index contributed by atoms with van der Waals surface area (Å²) in [6.45, 7) is 0.589. The lowest BCUT2D eigenvalue weighted by Crippen LogP contribution is -2.02. The van der Waals surface area contributed by atoms with Crippen molar-refractivity contribution in [2.45, 2.75) is 6.54 Å². The largest absolute Gasteiger partial charge is 0.467 e. The van der Waals surface area contributed by atoms with E-state index in [0.717, 1.165) is 27.8 Å². The number of aromatic nitrogens is 2. The topological polar surface area (TPSA) is 42.5 Å². The number of anilines is 1. The molecule has 0 unspecified atom stereocenters. The van der Waals surface area contributed by atoms with Crippen LogP contribution in [-0.4, -0.2) is 9.38 Å². The molecule has 6 heteroatoms. The third kappa shape index (κ3) is 2.38. The van der Waals surface area contributed by atoms with Crippen LogP contribution in [0.4, 0.5) is 5.82 Å². The number of furan rings is 1. The van der Waals surface area contributed by atoms with Gasteiger partial charge in [-0.2, -0.15) is 0 Å². The van der Waals surface area contributed by atoms with Crippen LogP contribution >= 0.6 is 22.9 Å². The van der Waals surface area contributed by atoms with Crippen LogP contribution < -0.4 is 5.32 Å². The highest BCUT2D eigenvalue weighted by molar-refractivity contribution is 7.13. The molecule has 110 valence electrons. The Hall–Kier alpha value is -2.24. The van der Waals surface area contributed by atoms with E-state index in [4.69, 9.17) is 21.0 Å². The van der Waals surface area contributed by atoms with Gasteiger partial charge in [-0.3, -0.25) is 4.40 Å². The molecule has 0 aliphatic heterocycles. The van der Waals surface area contributed by atoms with Crippen molar-refractivity contribution >= 4 is 34.4 Å². The van der Waals surface area contributed by atoms with Crippen LogP contribution in [0.2, 0.25) is 5.02 Å². The van der Waals surface area contributed by atoms with E-state index in [1.807, 2.05) is 46.3 Å². The molecule has 4 heterocycles. The molecule has 0 radical (unpaired) electrons. The molecule has 0 aliphatic rings. The first-order chi connectivity index (χ1) is 10.8. The Kier molecular flexibility index (Phi) is 3.36. The molecular weight excluding hydrogens is 318 g/mol. The van der Waals surface area contributed by atoms with Crippen molar-refractivity contribution in [1.29, 1.82) is 0 Å². The van der Waals surface area contributed by atoms with Gasteiger partial charge in [-0.1, -0.05) is 17.7 Å². The number of hydrogen-bond acceptors (Lipinski definition) is 4. The smallest absolute Gasteiger partial charge is 0.140 e. The minimum absolute atomic E-state index is 0.589. The van der Waals surface area contributed by atoms with Gasteiger partial charge in [0.1, 0.15) is 22.9 Å². The number of halogens is 1. The summed E-state index contributed by atoms with van der Waals surface area (Å²) in [5, 5.41) is 6.12. The number of pyridine rings is 1. The maximum Gasteiger partial charge on any atom is 0.140 e. The first-order valence-electron chi connectivity index (χ1n) is 6.79. The van der Waals surface area contributed by atoms with Crippen LogP contribution in [0.15, 0.2) is 58.7 Å². The highest BCUT2D eigenvalue weighted by Crippen LogP contribution is 2.32. The van der Waals surface area contributed by atoms with Gasteiger partial charge < -0.3 is 9.73 Å². The van der Waals surface area contributed by atoms with E-state index < -0.39 is 0 Å². The molecule has 0 fully saturated rings. The number of fused-ring (bicyclic) bond motifs is 1. The van der Waals surface area contributed by atoms with Gasteiger partial charge in [0.25, 0.3) is 0 Å². The van der Waals surface area contributed by atoms with Crippen LogP contribution in [0.3, 0.4) is 0 Å². The molecule has 0 aromatic carbocycles. The average Bonchev–Trinajstić information content (AvgIpc) is 3.25. The lowest BCUT2D eigenvalue weighted by molar-refractivity contribution is 0.518. The van der Waals surface area contributed by atoms with Gasteiger partial charge in [0, 0.05) is 6.20 Å². The Morgan fingerprint density at radius 1 is 1.23 bits per heavy atom. The molecule has 4 aromatic heterocycles. The van der Waals surface area contributed by atoms with E-state index >= 15 is 0 Å². The van der Waals surface area contributed by atoms with E-state index in [0.29, 0.717) is 11.6 Å². The number of hydrogen-bond donors (Lipinski definition) is 1. The second kappa shape index (κ2) is 5.51. The monoisotopic (exact) mass is 329 g/mol. The Bertz CT molecular complexity index is 897. The van der Waals surface area contributed by atoms with Crippen molar-refractivity contribution in [3.8, 4) is 10.6 Å². The maximum absolute atomic E-state index is 6.13. The Balaban J connectivity index is 1.81. The average molecular weight is 330 g/mol. The fraction of sp³-hybridized carbons (Fsp3) is 0.0625. The third-order valence-electron chi connectivity index (χ3n) is 3.35. The molecule has 22 heavy (non-hydrogen) atoms. The van der Waals surface area contributed by atoms with Gasteiger partial charge in [0.05, 0.1) is 22.7 Å². The second-order valence-electron chi connectivity index (χ2n) is 4.79. The molecule has 0 spiro atoms. The maximum atomic E-state index is 6.13. The van der Waals surface area contributed by atoms with E-state index in [1.165, 1.54) is 0 Å². The highest BCUT2D eigenvalue weighted by Gasteiger charge is 2.15. The van der Waals surface area contributed by atoms with Crippen molar-refractivity contribution in [1.82, 2.24) is 9.38 Å². The number of rotatable bonds is 4. The van der Waals surface area contributed by atoms with E-state index in [2.05, 4.69) is 11.4 Å². The lowest BCUT2D eigenvalue weighted by atomic mass is 10.3. The van der Waals surface area contributed by atoms with Gasteiger partial charge >= 0.3 is 0 Å². The standard InChI is InChI=1S/C16H12ClN3OS/c17-11-5-6-14-19-15(13-4-2-8-22-13)16(20(14)10-11)18-9-12-3-1-7-21-12/h1-8,10,18H,9H2. The molecule has 0 saturated carbocycles. The zero-order chi connectivity index (χ0) is 14.9. The van der Waals surface area contributed by atoms with Crippen LogP contribution in [-0.2, 0) is 6.54 Å². The van der Waals surface area contributed by atoms with Gasteiger partial charge in [0.2, 0.25) is 0 Å². The Morgan fingerprint density at radius 3 is 2.95 bits per heavy atom. The minimum Gasteiger partial charge on any atom is -0.467 e. The van der Waals surface area contributed by atoms with Gasteiger partial charge in [-0.15, -0.1) is 11.3 Å². The molecule has 0 aliphatic carbocycles. The molecule has 4 rings (SSSR count). The van der Waals surface area contributed by atoms with E-state index in [1.54, 1.807) is 17.6 Å². The summed E-state index contributed by atoms with van der Waals surface area (Å²) < 4.78 is 7.36. The molecule has 4 nitrogen and oxygen atoms in total. The number of nitrogens with one attached hydrogen (secondary N) is 1. The molecule has 4 aromatic rings. The third-order valence-corrected chi connectivity index (χ3v) is 4.45. The fourth-order valence-corrected chi connectivity index (χ4v) is 3.23. The molecule has 1 N–H and O–H groups in total. The molecule has 0 amide bonds. The molecule has 0 atom stereocenters. The summed E-state index contributed by atoms with van der Waals surface area (Å²) in [6, 6.07) is 11.7. The van der Waals surface area contributed by atoms with Crippen molar-refractivity contribution in [2.24, 2.45) is 0 Å². The zero-order valence-corrected chi connectivity index (χ0v) is 13.1. The van der Waals surface area contributed by atoms with Crippen LogP contribution in [0.1, 0.15) is 5.76 Å². The van der Waals surface area contributed by atoms with E-state index in [9.17, 15) is 0 Å². The summed E-state index contributed by atoms with van der Waals surface area (Å²) >= 11 is 7.79. The van der Waals surface area contributed by atoms with Crippen molar-refractivity contribution in [3.05, 3.63) is 65.0 Å². The van der Waals surface area contributed by atoms with Crippen molar-refractivity contribution < 1.29 is 4.42 Å². The van der Waals surface area contributed by atoms with Crippen LogP contribution in [0.5, 0.6) is 0 Å². The first kappa shape index (κ1) is 13.4. The molecule has 0 saturated heterocycles. The number of thiophene rings is 1. The fourth-order valence-electron chi connectivity index (χ4n) is 2.36. The van der Waals surface area contributed by atoms with Crippen LogP contribution in [0, 0.1) is 0 Å². The summed E-state index contributed by atoms with van der Waals surface area (Å²) in [5.41, 5.74) is 1.78. The predicted molar refractivity (Wildman–Crippen MR) is 89.5 cm³/mol. The van der Waals surface area contributed by atoms with Gasteiger partial charge in [-0.25, -0.2) is 4.98 Å². The normalized spacial score (nSPS) is 11.1. The molecular formula is C16H12ClN3OS. The molecule has 0 bridgehead atoms. The van der Waals surface area contributed by atoms with Gasteiger partial charge in [0.15, 0.2) is 0 Å². The summed E-state index contributed by atoms with van der Waals surface area (Å²) in [6.07, 6.45) is 3.54. The Morgan fingerprint density at radius 2 is 2.18 bits per heavy atom. The SMILES string of the molecule is Clc1ccc2nc(-c3cccs3)c(NCc3ccco3)n2c1. The summed E-state index contributed by atoms with van der Waals surface area (Å²) in [4.78, 5) is 5.83. The zero-order valence-electron chi connectivity index (χ0n) is 11.5. The second-order valence-corrected chi connectivity index (χ2v) is 6.18. The quantitative estimate of drug-likeness (QED) is 0.577. The van der Waals surface area contributed by atoms with Crippen LogP contribution in [0.25, 0.3) is 16.2 Å². The first-order valence-corrected chi connectivity index (χ1v) is 8.05. The Labute approximate surface area is 136 Å². The van der Waals surface area contributed by atoms with E-state index in [-0.39, 0.29) is 0 Å². The number of imidazole rings is 1. The number of nitrogens with zero attached hydrogens (tertiary/aromatic N) is 2. The van der Waals surface area contributed by atoms with Gasteiger partial charge in [-0.05, 0) is 35.7 Å². The summed E-state index contributed by atoms with van der Waals surface area (Å²) in [5.74, 6) is 1.78. The summed E-state index contributed by atoms with van der Waals surface area (Å²) in [7, 11) is 0. The predicted octanol–water partition coefficient (Wildman–Crippen LogP) is 4.92. The highest BCUT2D eigenvalue weighted by atomic mass is 35.5. The minimum atomic E-state index is 0.589.